The van der Waals surface area contributed by atoms with Gasteiger partial charge in [-0.1, -0.05) is 23.2 Å². The molecular weight excluding hydrogens is 355 g/mol. The number of rotatable bonds is 6. The van der Waals surface area contributed by atoms with E-state index in [4.69, 9.17) is 37.9 Å². The van der Waals surface area contributed by atoms with Crippen molar-refractivity contribution in [3.63, 3.8) is 0 Å². The molecule has 0 amide bonds. The van der Waals surface area contributed by atoms with E-state index in [2.05, 4.69) is 5.32 Å². The van der Waals surface area contributed by atoms with E-state index in [9.17, 15) is 9.59 Å². The van der Waals surface area contributed by atoms with Crippen LogP contribution in [0.1, 0.15) is 31.1 Å². The van der Waals surface area contributed by atoms with Crippen molar-refractivity contribution in [2.45, 2.75) is 26.9 Å². The molecule has 8 heteroatoms. The highest BCUT2D eigenvalue weighted by Crippen LogP contribution is 2.32. The molecule has 1 aromatic carbocycles. The molecule has 0 bridgehead atoms. The Hall–Kier alpha value is -2.23. The largest absolute Gasteiger partial charge is 0.462 e. The van der Waals surface area contributed by atoms with E-state index in [0.717, 1.165) is 6.20 Å². The number of carbonyl (C=O) groups excluding carboxylic acids is 2. The van der Waals surface area contributed by atoms with E-state index in [1.165, 1.54) is 12.1 Å². The highest BCUT2D eigenvalue weighted by molar-refractivity contribution is 6.41. The first-order chi connectivity index (χ1) is 11.3. The van der Waals surface area contributed by atoms with Crippen LogP contribution in [-0.4, -0.2) is 24.6 Å². The predicted molar refractivity (Wildman–Crippen MR) is 91.0 cm³/mol. The first-order valence-corrected chi connectivity index (χ1v) is 7.80. The van der Waals surface area contributed by atoms with E-state index >= 15 is 0 Å². The minimum absolute atomic E-state index is 0.0000701. The van der Waals surface area contributed by atoms with Crippen LogP contribution in [0, 0.1) is 11.3 Å². The van der Waals surface area contributed by atoms with Crippen LogP contribution in [-0.2, 0) is 14.3 Å². The summed E-state index contributed by atoms with van der Waals surface area (Å²) in [6, 6.07) is 4.68. The molecule has 128 valence electrons. The van der Waals surface area contributed by atoms with Crippen LogP contribution in [0.3, 0.4) is 0 Å². The van der Waals surface area contributed by atoms with Crippen molar-refractivity contribution in [2.24, 2.45) is 0 Å². The van der Waals surface area contributed by atoms with Crippen LogP contribution in [0.15, 0.2) is 23.9 Å². The Morgan fingerprint density at radius 2 is 2.04 bits per heavy atom. The number of carbonyl (C=O) groups is 2. The fourth-order valence-corrected chi connectivity index (χ4v) is 2.20. The molecule has 0 atom stereocenters. The van der Waals surface area contributed by atoms with Crippen molar-refractivity contribution in [3.05, 3.63) is 39.5 Å². The quantitative estimate of drug-likeness (QED) is 0.463. The zero-order valence-corrected chi connectivity index (χ0v) is 14.9. The Morgan fingerprint density at radius 1 is 1.38 bits per heavy atom. The van der Waals surface area contributed by atoms with Gasteiger partial charge in [-0.2, -0.15) is 5.26 Å². The standard InChI is InChI=1S/C16H16Cl2N2O4/c1-4-23-15(21)10(7-19)8-20-12-6-5-11(17)13(14(12)18)16(22)24-9(2)3/h5-6,8-9,20H,4H2,1-3H3. The summed E-state index contributed by atoms with van der Waals surface area (Å²) in [7, 11) is 0. The van der Waals surface area contributed by atoms with Gasteiger partial charge in [0.25, 0.3) is 0 Å². The number of nitrogens with one attached hydrogen (secondary N) is 1. The molecule has 0 heterocycles. The van der Waals surface area contributed by atoms with E-state index in [1.54, 1.807) is 26.8 Å². The minimum Gasteiger partial charge on any atom is -0.462 e. The SMILES string of the molecule is CCOC(=O)C(C#N)=CNc1ccc(Cl)c(C(=O)OC(C)C)c1Cl. The van der Waals surface area contributed by atoms with Gasteiger partial charge < -0.3 is 14.8 Å². The molecule has 1 N–H and O–H groups in total. The van der Waals surface area contributed by atoms with Gasteiger partial charge in [0.1, 0.15) is 6.07 Å². The van der Waals surface area contributed by atoms with Gasteiger partial charge >= 0.3 is 11.9 Å². The van der Waals surface area contributed by atoms with Gasteiger partial charge in [-0.3, -0.25) is 0 Å². The first kappa shape index (κ1) is 19.8. The maximum Gasteiger partial charge on any atom is 0.350 e. The molecule has 0 saturated heterocycles. The van der Waals surface area contributed by atoms with Crippen LogP contribution in [0.4, 0.5) is 5.69 Å². The normalized spacial score (nSPS) is 11.0. The summed E-state index contributed by atoms with van der Waals surface area (Å²) in [4.78, 5) is 23.6. The average molecular weight is 371 g/mol. The molecule has 0 aliphatic rings. The number of hydrogen-bond donors (Lipinski definition) is 1. The summed E-state index contributed by atoms with van der Waals surface area (Å²) in [6.07, 6.45) is 0.806. The lowest BCUT2D eigenvalue weighted by Crippen LogP contribution is -2.13. The molecule has 0 saturated carbocycles. The van der Waals surface area contributed by atoms with Gasteiger partial charge in [-0.15, -0.1) is 0 Å². The van der Waals surface area contributed by atoms with Crippen molar-refractivity contribution >= 4 is 40.8 Å². The Labute approximate surface area is 149 Å². The summed E-state index contributed by atoms with van der Waals surface area (Å²) in [6.45, 7) is 5.17. The average Bonchev–Trinajstić information content (AvgIpc) is 2.49. The second-order valence-corrected chi connectivity index (χ2v) is 5.56. The third-order valence-corrected chi connectivity index (χ3v) is 3.33. The zero-order valence-electron chi connectivity index (χ0n) is 13.4. The Balaban J connectivity index is 3.12. The highest BCUT2D eigenvalue weighted by atomic mass is 35.5. The fraction of sp³-hybridized carbons (Fsp3) is 0.312. The maximum atomic E-state index is 12.1. The smallest absolute Gasteiger partial charge is 0.350 e. The zero-order chi connectivity index (χ0) is 18.3. The van der Waals surface area contributed by atoms with Crippen LogP contribution in [0.5, 0.6) is 0 Å². The van der Waals surface area contributed by atoms with Crippen molar-refractivity contribution < 1.29 is 19.1 Å². The highest BCUT2D eigenvalue weighted by Gasteiger charge is 2.20. The molecular formula is C16H16Cl2N2O4. The molecule has 0 spiro atoms. The minimum atomic E-state index is -0.767. The number of nitriles is 1. The van der Waals surface area contributed by atoms with Gasteiger partial charge in [0.15, 0.2) is 5.57 Å². The summed E-state index contributed by atoms with van der Waals surface area (Å²) in [5.41, 5.74) is 0.0445. The van der Waals surface area contributed by atoms with Gasteiger partial charge in [0.2, 0.25) is 0 Å². The number of nitrogens with zero attached hydrogens (tertiary/aromatic N) is 1. The molecule has 6 nitrogen and oxygen atoms in total. The van der Waals surface area contributed by atoms with Crippen LogP contribution in [0.25, 0.3) is 0 Å². The van der Waals surface area contributed by atoms with Crippen LogP contribution >= 0.6 is 23.2 Å². The van der Waals surface area contributed by atoms with E-state index in [0.29, 0.717) is 0 Å². The number of benzene rings is 1. The summed E-state index contributed by atoms with van der Waals surface area (Å²) >= 11 is 12.2. The molecule has 0 fully saturated rings. The Kier molecular flexibility index (Phi) is 7.56. The lowest BCUT2D eigenvalue weighted by Gasteiger charge is -2.13. The molecule has 1 rings (SSSR count). The van der Waals surface area contributed by atoms with E-state index in [-0.39, 0.29) is 39.6 Å². The van der Waals surface area contributed by atoms with Gasteiger partial charge in [-0.05, 0) is 32.9 Å². The predicted octanol–water partition coefficient (Wildman–Crippen LogP) is 3.94. The Bertz CT molecular complexity index is 709. The number of hydrogen-bond acceptors (Lipinski definition) is 6. The molecule has 0 aromatic heterocycles. The molecule has 0 aliphatic carbocycles. The van der Waals surface area contributed by atoms with Gasteiger partial charge in [0, 0.05) is 6.20 Å². The van der Waals surface area contributed by atoms with E-state index in [1.807, 2.05) is 0 Å². The number of esters is 2. The third-order valence-electron chi connectivity index (χ3n) is 2.63. The third kappa shape index (κ3) is 5.15. The second-order valence-electron chi connectivity index (χ2n) is 4.77. The molecule has 0 aliphatic heterocycles. The lowest BCUT2D eigenvalue weighted by molar-refractivity contribution is -0.138. The van der Waals surface area contributed by atoms with E-state index < -0.39 is 11.9 Å². The second kappa shape index (κ2) is 9.16. The maximum absolute atomic E-state index is 12.1. The van der Waals surface area contributed by atoms with Crippen LogP contribution < -0.4 is 5.32 Å². The van der Waals surface area contributed by atoms with Crippen LogP contribution in [0.2, 0.25) is 10.0 Å². The monoisotopic (exact) mass is 370 g/mol. The first-order valence-electron chi connectivity index (χ1n) is 7.04. The van der Waals surface area contributed by atoms with Gasteiger partial charge in [0.05, 0.1) is 34.0 Å². The Morgan fingerprint density at radius 3 is 2.58 bits per heavy atom. The fourth-order valence-electron chi connectivity index (χ4n) is 1.62. The van der Waals surface area contributed by atoms with Crippen molar-refractivity contribution in [2.75, 3.05) is 11.9 Å². The molecule has 0 unspecified atom stereocenters. The van der Waals surface area contributed by atoms with Crippen molar-refractivity contribution in [1.29, 1.82) is 5.26 Å². The number of anilines is 1. The molecule has 24 heavy (non-hydrogen) atoms. The topological polar surface area (TPSA) is 88.4 Å². The van der Waals surface area contributed by atoms with Crippen molar-refractivity contribution in [3.8, 4) is 6.07 Å². The molecule has 1 aromatic rings. The van der Waals surface area contributed by atoms with Crippen molar-refractivity contribution in [1.82, 2.24) is 0 Å². The lowest BCUT2D eigenvalue weighted by atomic mass is 10.2. The summed E-state index contributed by atoms with van der Waals surface area (Å²) in [5.74, 6) is -1.43. The molecule has 0 radical (unpaired) electrons. The summed E-state index contributed by atoms with van der Waals surface area (Å²) < 4.78 is 9.83. The van der Waals surface area contributed by atoms with Gasteiger partial charge in [-0.25, -0.2) is 9.59 Å². The number of halogens is 2. The summed E-state index contributed by atoms with van der Waals surface area (Å²) in [5, 5.41) is 11.8. The number of ether oxygens (including phenoxy) is 2.